The molecule has 0 fully saturated rings. The first-order valence-corrected chi connectivity index (χ1v) is 6.77. The molecular formula is C13H14ClNOS. The van der Waals surface area contributed by atoms with Crippen LogP contribution in [0.3, 0.4) is 0 Å². The number of hydrogen-bond donors (Lipinski definition) is 1. The van der Waals surface area contributed by atoms with Crippen molar-refractivity contribution in [3.8, 4) is 0 Å². The van der Waals surface area contributed by atoms with Crippen LogP contribution in [0, 0.1) is 5.92 Å². The van der Waals surface area contributed by atoms with E-state index in [4.69, 9.17) is 11.6 Å². The summed E-state index contributed by atoms with van der Waals surface area (Å²) < 4.78 is 0. The zero-order valence-corrected chi connectivity index (χ0v) is 10.9. The van der Waals surface area contributed by atoms with Gasteiger partial charge in [-0.3, -0.25) is 0 Å². The molecule has 0 saturated carbocycles. The second kappa shape index (κ2) is 6.15. The maximum Gasteiger partial charge on any atom is 0.0928 e. The molecule has 2 rings (SSSR count). The average Bonchev–Trinajstić information content (AvgIpc) is 2.81. The van der Waals surface area contributed by atoms with Crippen molar-refractivity contribution in [1.29, 1.82) is 0 Å². The number of halogens is 1. The standard InChI is InChI=1S/C13H14ClNOS/c14-12-3-1-2-10(7-12)6-11(9-16)8-13-15-4-5-17-13/h1-5,7,11,16H,6,8-9H2. The van der Waals surface area contributed by atoms with Gasteiger partial charge in [-0.25, -0.2) is 4.98 Å². The largest absolute Gasteiger partial charge is 0.396 e. The molecule has 1 N–H and O–H groups in total. The molecule has 0 saturated heterocycles. The number of aliphatic hydroxyl groups excluding tert-OH is 1. The Morgan fingerprint density at radius 2 is 2.24 bits per heavy atom. The van der Waals surface area contributed by atoms with Crippen LogP contribution in [0.25, 0.3) is 0 Å². The second-order valence-corrected chi connectivity index (χ2v) is 5.43. The van der Waals surface area contributed by atoms with Crippen LogP contribution in [0.15, 0.2) is 35.8 Å². The van der Waals surface area contributed by atoms with E-state index in [9.17, 15) is 5.11 Å². The van der Waals surface area contributed by atoms with Crippen molar-refractivity contribution in [3.05, 3.63) is 51.4 Å². The molecule has 0 spiro atoms. The molecule has 1 unspecified atom stereocenters. The summed E-state index contributed by atoms with van der Waals surface area (Å²) in [4.78, 5) is 4.24. The Labute approximate surface area is 110 Å². The molecule has 17 heavy (non-hydrogen) atoms. The summed E-state index contributed by atoms with van der Waals surface area (Å²) in [7, 11) is 0. The van der Waals surface area contributed by atoms with Gasteiger partial charge >= 0.3 is 0 Å². The van der Waals surface area contributed by atoms with Crippen LogP contribution in [0.4, 0.5) is 0 Å². The van der Waals surface area contributed by atoms with Crippen LogP contribution >= 0.6 is 22.9 Å². The van der Waals surface area contributed by atoms with Crippen molar-refractivity contribution >= 4 is 22.9 Å². The Hall–Kier alpha value is -0.900. The fraction of sp³-hybridized carbons (Fsp3) is 0.308. The molecule has 2 nitrogen and oxygen atoms in total. The van der Waals surface area contributed by atoms with Crippen LogP contribution in [0.5, 0.6) is 0 Å². The first-order valence-electron chi connectivity index (χ1n) is 5.51. The molecule has 90 valence electrons. The third-order valence-corrected chi connectivity index (χ3v) is 3.66. The van der Waals surface area contributed by atoms with Gasteiger partial charge in [-0.1, -0.05) is 23.7 Å². The van der Waals surface area contributed by atoms with E-state index in [1.165, 1.54) is 0 Å². The van der Waals surface area contributed by atoms with Crippen molar-refractivity contribution in [2.75, 3.05) is 6.61 Å². The summed E-state index contributed by atoms with van der Waals surface area (Å²) in [6.07, 6.45) is 3.45. The molecule has 1 heterocycles. The van der Waals surface area contributed by atoms with Crippen molar-refractivity contribution in [2.24, 2.45) is 5.92 Å². The lowest BCUT2D eigenvalue weighted by Crippen LogP contribution is -2.12. The smallest absolute Gasteiger partial charge is 0.0928 e. The summed E-state index contributed by atoms with van der Waals surface area (Å²) in [5, 5.41) is 13.2. The van der Waals surface area contributed by atoms with Gasteiger partial charge in [-0.05, 0) is 30.0 Å². The molecule has 4 heteroatoms. The number of nitrogens with zero attached hydrogens (tertiary/aromatic N) is 1. The van der Waals surface area contributed by atoms with Crippen LogP contribution in [-0.2, 0) is 12.8 Å². The fourth-order valence-corrected chi connectivity index (χ4v) is 2.74. The highest BCUT2D eigenvalue weighted by Gasteiger charge is 2.11. The second-order valence-electron chi connectivity index (χ2n) is 4.01. The van der Waals surface area contributed by atoms with Gasteiger partial charge in [0.2, 0.25) is 0 Å². The average molecular weight is 268 g/mol. The molecule has 1 aromatic heterocycles. The van der Waals surface area contributed by atoms with E-state index in [0.717, 1.165) is 28.4 Å². The minimum Gasteiger partial charge on any atom is -0.396 e. The topological polar surface area (TPSA) is 33.1 Å². The van der Waals surface area contributed by atoms with Gasteiger partial charge in [0.05, 0.1) is 5.01 Å². The van der Waals surface area contributed by atoms with Crippen molar-refractivity contribution in [2.45, 2.75) is 12.8 Å². The lowest BCUT2D eigenvalue weighted by molar-refractivity contribution is 0.225. The Kier molecular flexibility index (Phi) is 4.54. The van der Waals surface area contributed by atoms with Gasteiger partial charge < -0.3 is 5.11 Å². The molecule has 2 aromatic rings. The van der Waals surface area contributed by atoms with Crippen molar-refractivity contribution in [1.82, 2.24) is 4.98 Å². The molecule has 0 bridgehead atoms. The number of hydrogen-bond acceptors (Lipinski definition) is 3. The SMILES string of the molecule is OCC(Cc1cccc(Cl)c1)Cc1nccs1. The quantitative estimate of drug-likeness (QED) is 0.903. The summed E-state index contributed by atoms with van der Waals surface area (Å²) in [5.41, 5.74) is 1.16. The van der Waals surface area contributed by atoms with Crippen LogP contribution in [0.2, 0.25) is 5.02 Å². The van der Waals surface area contributed by atoms with Crippen molar-refractivity contribution < 1.29 is 5.11 Å². The zero-order chi connectivity index (χ0) is 12.1. The van der Waals surface area contributed by atoms with Crippen LogP contribution in [-0.4, -0.2) is 16.7 Å². The molecule has 1 aromatic carbocycles. The monoisotopic (exact) mass is 267 g/mol. The summed E-state index contributed by atoms with van der Waals surface area (Å²) >= 11 is 7.57. The third-order valence-electron chi connectivity index (χ3n) is 2.62. The normalized spacial score (nSPS) is 12.6. The fourth-order valence-electron chi connectivity index (χ4n) is 1.80. The predicted octanol–water partition coefficient (Wildman–Crippen LogP) is 3.19. The van der Waals surface area contributed by atoms with E-state index in [2.05, 4.69) is 4.98 Å². The Bertz CT molecular complexity index is 458. The first kappa shape index (κ1) is 12.6. The zero-order valence-electron chi connectivity index (χ0n) is 9.34. The summed E-state index contributed by atoms with van der Waals surface area (Å²) in [5.74, 6) is 0.208. The highest BCUT2D eigenvalue weighted by Crippen LogP contribution is 2.18. The highest BCUT2D eigenvalue weighted by molar-refractivity contribution is 7.09. The van der Waals surface area contributed by atoms with E-state index in [1.807, 2.05) is 29.6 Å². The minimum absolute atomic E-state index is 0.173. The van der Waals surface area contributed by atoms with E-state index in [-0.39, 0.29) is 12.5 Å². The van der Waals surface area contributed by atoms with Gasteiger partial charge in [-0.15, -0.1) is 11.3 Å². The predicted molar refractivity (Wildman–Crippen MR) is 71.5 cm³/mol. The van der Waals surface area contributed by atoms with E-state index in [0.29, 0.717) is 0 Å². The Balaban J connectivity index is 2.00. The summed E-state index contributed by atoms with van der Waals surface area (Å²) in [6.45, 7) is 0.173. The van der Waals surface area contributed by atoms with Gasteiger partial charge in [0.1, 0.15) is 0 Å². The minimum atomic E-state index is 0.173. The molecule has 0 amide bonds. The lowest BCUT2D eigenvalue weighted by atomic mass is 9.97. The van der Waals surface area contributed by atoms with Crippen LogP contribution < -0.4 is 0 Å². The molecular weight excluding hydrogens is 254 g/mol. The number of benzene rings is 1. The molecule has 0 aliphatic heterocycles. The number of aliphatic hydroxyl groups is 1. The Morgan fingerprint density at radius 3 is 2.88 bits per heavy atom. The van der Waals surface area contributed by atoms with E-state index in [1.54, 1.807) is 17.5 Å². The van der Waals surface area contributed by atoms with Gasteiger partial charge in [0.25, 0.3) is 0 Å². The maximum atomic E-state index is 9.40. The molecule has 0 aliphatic rings. The molecule has 1 atom stereocenters. The molecule has 0 aliphatic carbocycles. The van der Waals surface area contributed by atoms with Gasteiger partial charge in [0.15, 0.2) is 0 Å². The third kappa shape index (κ3) is 3.80. The first-order chi connectivity index (χ1) is 8.28. The lowest BCUT2D eigenvalue weighted by Gasteiger charge is -2.12. The Morgan fingerprint density at radius 1 is 1.35 bits per heavy atom. The van der Waals surface area contributed by atoms with Gasteiger partial charge in [0, 0.05) is 29.6 Å². The van der Waals surface area contributed by atoms with E-state index < -0.39 is 0 Å². The highest BCUT2D eigenvalue weighted by atomic mass is 35.5. The summed E-state index contributed by atoms with van der Waals surface area (Å²) in [6, 6.07) is 7.79. The number of rotatable bonds is 5. The molecule has 0 radical (unpaired) electrons. The number of thiazole rings is 1. The number of aromatic nitrogens is 1. The van der Waals surface area contributed by atoms with Crippen LogP contribution in [0.1, 0.15) is 10.6 Å². The van der Waals surface area contributed by atoms with Crippen molar-refractivity contribution in [3.63, 3.8) is 0 Å². The maximum absolute atomic E-state index is 9.40. The van der Waals surface area contributed by atoms with Gasteiger partial charge in [-0.2, -0.15) is 0 Å². The van der Waals surface area contributed by atoms with E-state index >= 15 is 0 Å².